The maximum Gasteiger partial charge on any atom is 0.346 e. The molecule has 0 radical (unpaired) electrons. The van der Waals surface area contributed by atoms with Crippen molar-refractivity contribution in [3.63, 3.8) is 0 Å². The van der Waals surface area contributed by atoms with Gasteiger partial charge in [0.05, 0.1) is 5.75 Å². The van der Waals surface area contributed by atoms with E-state index in [1.807, 2.05) is 0 Å². The Bertz CT molecular complexity index is 775. The standard InChI is InChI=1S/C14H13N3O4S/c1-8-4-13(17-14(19)15-8)22-6-12(18)16-9-2-3-10-11(5-9)21-7-20-10/h2-5H,6-7H2,1H3,(H,16,18)(H,15,17,19). The van der Waals surface area contributed by atoms with Crippen LogP contribution in [0.3, 0.4) is 0 Å². The molecule has 1 amide bonds. The number of aromatic nitrogens is 2. The van der Waals surface area contributed by atoms with E-state index >= 15 is 0 Å². The van der Waals surface area contributed by atoms with E-state index < -0.39 is 5.69 Å². The van der Waals surface area contributed by atoms with Crippen molar-refractivity contribution in [1.82, 2.24) is 9.97 Å². The first-order chi connectivity index (χ1) is 10.6. The lowest BCUT2D eigenvalue weighted by Crippen LogP contribution is -2.16. The average Bonchev–Trinajstić information content (AvgIpc) is 2.92. The molecule has 22 heavy (non-hydrogen) atoms. The highest BCUT2D eigenvalue weighted by Crippen LogP contribution is 2.34. The number of aromatic amines is 1. The van der Waals surface area contributed by atoms with Crippen LogP contribution in [0.4, 0.5) is 5.69 Å². The minimum absolute atomic E-state index is 0.157. The van der Waals surface area contributed by atoms with Crippen LogP contribution >= 0.6 is 11.8 Å². The number of carbonyl (C=O) groups excluding carboxylic acids is 1. The van der Waals surface area contributed by atoms with Gasteiger partial charge in [-0.25, -0.2) is 4.79 Å². The summed E-state index contributed by atoms with van der Waals surface area (Å²) in [6.45, 7) is 1.95. The van der Waals surface area contributed by atoms with Crippen molar-refractivity contribution in [2.45, 2.75) is 11.9 Å². The highest BCUT2D eigenvalue weighted by molar-refractivity contribution is 7.99. The van der Waals surface area contributed by atoms with Gasteiger partial charge < -0.3 is 19.8 Å². The van der Waals surface area contributed by atoms with E-state index in [1.54, 1.807) is 31.2 Å². The van der Waals surface area contributed by atoms with Crippen LogP contribution in [-0.2, 0) is 4.79 Å². The van der Waals surface area contributed by atoms with Crippen LogP contribution in [0.2, 0.25) is 0 Å². The minimum atomic E-state index is -0.418. The Hall–Kier alpha value is -2.48. The number of anilines is 1. The van der Waals surface area contributed by atoms with Crippen molar-refractivity contribution in [2.24, 2.45) is 0 Å². The number of fused-ring (bicyclic) bond motifs is 1. The third-order valence-electron chi connectivity index (χ3n) is 2.86. The van der Waals surface area contributed by atoms with Gasteiger partial charge in [0, 0.05) is 17.4 Å². The van der Waals surface area contributed by atoms with E-state index in [4.69, 9.17) is 9.47 Å². The second kappa shape index (κ2) is 6.10. The molecule has 1 aliphatic rings. The maximum atomic E-state index is 11.9. The molecular formula is C14H13N3O4S. The Kier molecular flexibility index (Phi) is 4.01. The molecule has 3 rings (SSSR count). The second-order valence-corrected chi connectivity index (χ2v) is 5.61. The Morgan fingerprint density at radius 1 is 1.36 bits per heavy atom. The summed E-state index contributed by atoms with van der Waals surface area (Å²) in [5, 5.41) is 3.28. The summed E-state index contributed by atoms with van der Waals surface area (Å²) >= 11 is 1.20. The van der Waals surface area contributed by atoms with E-state index in [-0.39, 0.29) is 18.5 Å². The predicted molar refractivity (Wildman–Crippen MR) is 81.5 cm³/mol. The number of thioether (sulfide) groups is 1. The molecule has 0 saturated heterocycles. The fraction of sp³-hybridized carbons (Fsp3) is 0.214. The first-order valence-electron chi connectivity index (χ1n) is 6.50. The van der Waals surface area contributed by atoms with Crippen molar-refractivity contribution in [3.05, 3.63) is 40.4 Å². The fourth-order valence-electron chi connectivity index (χ4n) is 1.94. The third kappa shape index (κ3) is 3.40. The van der Waals surface area contributed by atoms with Gasteiger partial charge in [0.25, 0.3) is 0 Å². The summed E-state index contributed by atoms with van der Waals surface area (Å²) in [6.07, 6.45) is 0. The van der Waals surface area contributed by atoms with Crippen molar-refractivity contribution < 1.29 is 14.3 Å². The molecule has 0 atom stereocenters. The fourth-order valence-corrected chi connectivity index (χ4v) is 2.69. The molecule has 2 aromatic rings. The van der Waals surface area contributed by atoms with Gasteiger partial charge >= 0.3 is 5.69 Å². The average molecular weight is 319 g/mol. The van der Waals surface area contributed by atoms with Crippen LogP contribution in [0.5, 0.6) is 11.5 Å². The number of hydrogen-bond donors (Lipinski definition) is 2. The maximum absolute atomic E-state index is 11.9. The second-order valence-electron chi connectivity index (χ2n) is 4.61. The summed E-state index contributed by atoms with van der Waals surface area (Å²) in [7, 11) is 0. The largest absolute Gasteiger partial charge is 0.454 e. The van der Waals surface area contributed by atoms with Gasteiger partial charge in [-0.05, 0) is 25.1 Å². The highest BCUT2D eigenvalue weighted by atomic mass is 32.2. The van der Waals surface area contributed by atoms with E-state index in [2.05, 4.69) is 15.3 Å². The zero-order chi connectivity index (χ0) is 15.5. The topological polar surface area (TPSA) is 93.3 Å². The van der Waals surface area contributed by atoms with Crippen LogP contribution in [0.15, 0.2) is 34.1 Å². The number of ether oxygens (including phenoxy) is 2. The van der Waals surface area contributed by atoms with Crippen molar-refractivity contribution in [2.75, 3.05) is 17.9 Å². The van der Waals surface area contributed by atoms with Gasteiger partial charge in [-0.2, -0.15) is 4.98 Å². The molecule has 2 N–H and O–H groups in total. The van der Waals surface area contributed by atoms with Crippen LogP contribution < -0.4 is 20.5 Å². The van der Waals surface area contributed by atoms with Crippen LogP contribution in [0.25, 0.3) is 0 Å². The molecule has 0 unspecified atom stereocenters. The summed E-state index contributed by atoms with van der Waals surface area (Å²) in [4.78, 5) is 29.5. The lowest BCUT2D eigenvalue weighted by Gasteiger charge is -2.06. The summed E-state index contributed by atoms with van der Waals surface area (Å²) in [6, 6.07) is 6.92. The molecule has 0 spiro atoms. The van der Waals surface area contributed by atoms with Crippen LogP contribution in [-0.4, -0.2) is 28.4 Å². The molecule has 0 bridgehead atoms. The highest BCUT2D eigenvalue weighted by Gasteiger charge is 2.14. The Labute approximate surface area is 130 Å². The first kappa shape index (κ1) is 14.5. The molecule has 1 aromatic carbocycles. The normalized spacial score (nSPS) is 12.2. The number of nitrogens with one attached hydrogen (secondary N) is 2. The van der Waals surface area contributed by atoms with Crippen LogP contribution in [0.1, 0.15) is 5.69 Å². The van der Waals surface area contributed by atoms with E-state index in [0.29, 0.717) is 27.9 Å². The molecule has 2 heterocycles. The lowest BCUT2D eigenvalue weighted by molar-refractivity contribution is -0.113. The van der Waals surface area contributed by atoms with Crippen molar-refractivity contribution >= 4 is 23.4 Å². The van der Waals surface area contributed by atoms with Gasteiger partial charge in [0.1, 0.15) is 5.03 Å². The van der Waals surface area contributed by atoms with Gasteiger partial charge in [-0.3, -0.25) is 4.79 Å². The smallest absolute Gasteiger partial charge is 0.346 e. The molecule has 0 fully saturated rings. The Balaban J connectivity index is 1.59. The van der Waals surface area contributed by atoms with Gasteiger partial charge in [0.2, 0.25) is 12.7 Å². The summed E-state index contributed by atoms with van der Waals surface area (Å²) in [5.74, 6) is 1.24. The molecule has 0 aliphatic carbocycles. The molecule has 114 valence electrons. The first-order valence-corrected chi connectivity index (χ1v) is 7.49. The lowest BCUT2D eigenvalue weighted by atomic mass is 10.3. The summed E-state index contributed by atoms with van der Waals surface area (Å²) in [5.41, 5.74) is 0.919. The number of nitrogens with zero attached hydrogens (tertiary/aromatic N) is 1. The van der Waals surface area contributed by atoms with Gasteiger partial charge in [-0.15, -0.1) is 0 Å². The quantitative estimate of drug-likeness (QED) is 0.656. The van der Waals surface area contributed by atoms with E-state index in [9.17, 15) is 9.59 Å². The van der Waals surface area contributed by atoms with Gasteiger partial charge in [-0.1, -0.05) is 11.8 Å². The minimum Gasteiger partial charge on any atom is -0.454 e. The molecular weight excluding hydrogens is 306 g/mol. The SMILES string of the molecule is Cc1cc(SCC(=O)Nc2ccc3c(c2)OCO3)nc(=O)[nH]1. The third-order valence-corrected chi connectivity index (χ3v) is 3.77. The zero-order valence-corrected chi connectivity index (χ0v) is 12.5. The molecule has 0 saturated carbocycles. The Morgan fingerprint density at radius 3 is 3.00 bits per heavy atom. The number of hydrogen-bond acceptors (Lipinski definition) is 6. The zero-order valence-electron chi connectivity index (χ0n) is 11.7. The Morgan fingerprint density at radius 2 is 2.18 bits per heavy atom. The molecule has 1 aromatic heterocycles. The molecule has 8 heteroatoms. The predicted octanol–water partition coefficient (Wildman–Crippen LogP) is 1.54. The number of carbonyl (C=O) groups is 1. The molecule has 1 aliphatic heterocycles. The number of rotatable bonds is 4. The number of benzene rings is 1. The monoisotopic (exact) mass is 319 g/mol. The van der Waals surface area contributed by atoms with Gasteiger partial charge in [0.15, 0.2) is 11.5 Å². The molecule has 7 nitrogen and oxygen atoms in total. The number of amides is 1. The number of H-pyrrole nitrogens is 1. The van der Waals surface area contributed by atoms with Crippen molar-refractivity contribution in [3.8, 4) is 11.5 Å². The van der Waals surface area contributed by atoms with E-state index in [1.165, 1.54) is 11.8 Å². The number of aryl methyl sites for hydroxylation is 1. The summed E-state index contributed by atoms with van der Waals surface area (Å²) < 4.78 is 10.5. The van der Waals surface area contributed by atoms with E-state index in [0.717, 1.165) is 0 Å². The van der Waals surface area contributed by atoms with Crippen LogP contribution in [0, 0.1) is 6.92 Å². The van der Waals surface area contributed by atoms with Crippen molar-refractivity contribution in [1.29, 1.82) is 0 Å².